The van der Waals surface area contributed by atoms with E-state index in [-0.39, 0.29) is 0 Å². The standard InChI is InChI=1S/C21H16N2O3/c1-25-16-10-8-15(9-11-16)21(24)26-17-12-6-14(7-13-17)20-22-18-4-2-3-5-19(18)23-20/h2-13H,1H3,(H,22,23). The summed E-state index contributed by atoms with van der Waals surface area (Å²) in [5, 5.41) is 0. The Kier molecular flexibility index (Phi) is 4.11. The highest BCUT2D eigenvalue weighted by Gasteiger charge is 2.10. The summed E-state index contributed by atoms with van der Waals surface area (Å²) in [7, 11) is 1.58. The van der Waals surface area contributed by atoms with Crippen molar-refractivity contribution < 1.29 is 14.3 Å². The Morgan fingerprint density at radius 2 is 1.58 bits per heavy atom. The van der Waals surface area contributed by atoms with Gasteiger partial charge in [-0.15, -0.1) is 0 Å². The van der Waals surface area contributed by atoms with E-state index in [2.05, 4.69) is 9.97 Å². The van der Waals surface area contributed by atoms with E-state index < -0.39 is 5.97 Å². The van der Waals surface area contributed by atoms with E-state index in [1.165, 1.54) is 0 Å². The highest BCUT2D eigenvalue weighted by Crippen LogP contribution is 2.23. The molecule has 0 fully saturated rings. The summed E-state index contributed by atoms with van der Waals surface area (Å²) in [6.45, 7) is 0. The molecular weight excluding hydrogens is 328 g/mol. The molecule has 4 aromatic rings. The van der Waals surface area contributed by atoms with Crippen LogP contribution in [-0.2, 0) is 0 Å². The fourth-order valence-electron chi connectivity index (χ4n) is 2.66. The molecule has 0 aliphatic rings. The number of esters is 1. The van der Waals surface area contributed by atoms with Crippen LogP contribution in [0.1, 0.15) is 10.4 Å². The van der Waals surface area contributed by atoms with Gasteiger partial charge < -0.3 is 14.5 Å². The molecule has 1 N–H and O–H groups in total. The second kappa shape index (κ2) is 6.72. The van der Waals surface area contributed by atoms with Crippen LogP contribution >= 0.6 is 0 Å². The lowest BCUT2D eigenvalue weighted by Crippen LogP contribution is -2.08. The number of hydrogen-bond acceptors (Lipinski definition) is 4. The number of H-pyrrole nitrogens is 1. The maximum atomic E-state index is 12.2. The van der Waals surface area contributed by atoms with E-state index in [0.717, 1.165) is 22.4 Å². The van der Waals surface area contributed by atoms with Crippen molar-refractivity contribution >= 4 is 17.0 Å². The van der Waals surface area contributed by atoms with Crippen LogP contribution in [0, 0.1) is 0 Å². The number of methoxy groups -OCH3 is 1. The quantitative estimate of drug-likeness (QED) is 0.438. The molecule has 0 unspecified atom stereocenters. The Hall–Kier alpha value is -3.60. The summed E-state index contributed by atoms with van der Waals surface area (Å²) in [4.78, 5) is 20.0. The zero-order chi connectivity index (χ0) is 17.9. The van der Waals surface area contributed by atoms with Crippen LogP contribution in [0.4, 0.5) is 0 Å². The average molecular weight is 344 g/mol. The molecular formula is C21H16N2O3. The molecule has 0 aliphatic carbocycles. The number of nitrogens with one attached hydrogen (secondary N) is 1. The van der Waals surface area contributed by atoms with Gasteiger partial charge in [-0.25, -0.2) is 9.78 Å². The Morgan fingerprint density at radius 1 is 0.885 bits per heavy atom. The van der Waals surface area contributed by atoms with E-state index >= 15 is 0 Å². The second-order valence-corrected chi connectivity index (χ2v) is 5.74. The number of ether oxygens (including phenoxy) is 2. The first kappa shape index (κ1) is 15.9. The van der Waals surface area contributed by atoms with Gasteiger partial charge >= 0.3 is 5.97 Å². The number of benzene rings is 3. The van der Waals surface area contributed by atoms with Crippen molar-refractivity contribution in [3.8, 4) is 22.9 Å². The van der Waals surface area contributed by atoms with Crippen LogP contribution in [0.2, 0.25) is 0 Å². The molecule has 5 heteroatoms. The third-order valence-corrected chi connectivity index (χ3v) is 4.05. The van der Waals surface area contributed by atoms with Gasteiger partial charge in [0.25, 0.3) is 0 Å². The molecule has 0 radical (unpaired) electrons. The monoisotopic (exact) mass is 344 g/mol. The van der Waals surface area contributed by atoms with Gasteiger partial charge in [0.05, 0.1) is 23.7 Å². The number of fused-ring (bicyclic) bond motifs is 1. The topological polar surface area (TPSA) is 64.2 Å². The van der Waals surface area contributed by atoms with Gasteiger partial charge in [0.2, 0.25) is 0 Å². The van der Waals surface area contributed by atoms with E-state index in [1.807, 2.05) is 36.4 Å². The van der Waals surface area contributed by atoms with Crippen LogP contribution in [0.25, 0.3) is 22.4 Å². The lowest BCUT2D eigenvalue weighted by atomic mass is 10.2. The molecule has 0 aliphatic heterocycles. The lowest BCUT2D eigenvalue weighted by Gasteiger charge is -2.06. The molecule has 0 spiro atoms. The molecule has 1 heterocycles. The molecule has 0 saturated heterocycles. The highest BCUT2D eigenvalue weighted by atomic mass is 16.5. The SMILES string of the molecule is COc1ccc(C(=O)Oc2ccc(-c3nc4ccccc4[nH]3)cc2)cc1. The molecule has 0 saturated carbocycles. The summed E-state index contributed by atoms with van der Waals surface area (Å²) >= 11 is 0. The first-order chi connectivity index (χ1) is 12.7. The zero-order valence-electron chi connectivity index (χ0n) is 14.1. The Balaban J connectivity index is 1.50. The molecule has 1 aromatic heterocycles. The molecule has 4 rings (SSSR count). The first-order valence-corrected chi connectivity index (χ1v) is 8.14. The summed E-state index contributed by atoms with van der Waals surface area (Å²) in [5.74, 6) is 1.53. The summed E-state index contributed by atoms with van der Waals surface area (Å²) in [6.07, 6.45) is 0. The fraction of sp³-hybridized carbons (Fsp3) is 0.0476. The van der Waals surface area contributed by atoms with Crippen molar-refractivity contribution in [2.45, 2.75) is 0 Å². The minimum atomic E-state index is -0.413. The van der Waals surface area contributed by atoms with Gasteiger partial charge in [0, 0.05) is 5.56 Å². The van der Waals surface area contributed by atoms with Crippen LogP contribution in [-0.4, -0.2) is 23.0 Å². The molecule has 5 nitrogen and oxygen atoms in total. The van der Waals surface area contributed by atoms with Crippen molar-refractivity contribution in [2.75, 3.05) is 7.11 Å². The normalized spacial score (nSPS) is 10.7. The van der Waals surface area contributed by atoms with E-state index in [9.17, 15) is 4.79 Å². The van der Waals surface area contributed by atoms with Gasteiger partial charge in [-0.2, -0.15) is 0 Å². The van der Waals surface area contributed by atoms with Crippen LogP contribution < -0.4 is 9.47 Å². The first-order valence-electron chi connectivity index (χ1n) is 8.14. The van der Waals surface area contributed by atoms with Gasteiger partial charge in [0.1, 0.15) is 17.3 Å². The minimum Gasteiger partial charge on any atom is -0.497 e. The van der Waals surface area contributed by atoms with Crippen molar-refractivity contribution in [3.05, 3.63) is 78.4 Å². The maximum Gasteiger partial charge on any atom is 0.343 e. The lowest BCUT2D eigenvalue weighted by molar-refractivity contribution is 0.0735. The Bertz CT molecular complexity index is 1020. The van der Waals surface area contributed by atoms with Crippen molar-refractivity contribution in [1.29, 1.82) is 0 Å². The average Bonchev–Trinajstić information content (AvgIpc) is 3.13. The second-order valence-electron chi connectivity index (χ2n) is 5.74. The van der Waals surface area contributed by atoms with E-state index in [0.29, 0.717) is 17.1 Å². The molecule has 26 heavy (non-hydrogen) atoms. The van der Waals surface area contributed by atoms with Crippen LogP contribution in [0.3, 0.4) is 0 Å². The van der Waals surface area contributed by atoms with E-state index in [4.69, 9.17) is 9.47 Å². The van der Waals surface area contributed by atoms with Crippen molar-refractivity contribution in [1.82, 2.24) is 9.97 Å². The highest BCUT2D eigenvalue weighted by molar-refractivity contribution is 5.91. The predicted octanol–water partition coefficient (Wildman–Crippen LogP) is 4.46. The number of carbonyl (C=O) groups excluding carboxylic acids is 1. The van der Waals surface area contributed by atoms with Crippen molar-refractivity contribution in [2.24, 2.45) is 0 Å². The number of aromatic nitrogens is 2. The number of carbonyl (C=O) groups is 1. The van der Waals surface area contributed by atoms with Crippen LogP contribution in [0.5, 0.6) is 11.5 Å². The molecule has 3 aromatic carbocycles. The third kappa shape index (κ3) is 3.15. The summed E-state index contributed by atoms with van der Waals surface area (Å²) in [5.41, 5.74) is 3.28. The van der Waals surface area contributed by atoms with Gasteiger partial charge in [-0.05, 0) is 60.7 Å². The Labute approximate surface area is 150 Å². The van der Waals surface area contributed by atoms with Gasteiger partial charge in [0.15, 0.2) is 0 Å². The maximum absolute atomic E-state index is 12.2. The largest absolute Gasteiger partial charge is 0.497 e. The van der Waals surface area contributed by atoms with E-state index in [1.54, 1.807) is 43.5 Å². The fourth-order valence-corrected chi connectivity index (χ4v) is 2.66. The predicted molar refractivity (Wildman–Crippen MR) is 99.5 cm³/mol. The Morgan fingerprint density at radius 3 is 2.27 bits per heavy atom. The molecule has 0 amide bonds. The van der Waals surface area contributed by atoms with Gasteiger partial charge in [-0.1, -0.05) is 12.1 Å². The molecule has 0 bridgehead atoms. The number of nitrogens with zero attached hydrogens (tertiary/aromatic N) is 1. The molecule has 0 atom stereocenters. The van der Waals surface area contributed by atoms with Gasteiger partial charge in [-0.3, -0.25) is 0 Å². The smallest absolute Gasteiger partial charge is 0.343 e. The number of aromatic amines is 1. The number of imidazole rings is 1. The number of hydrogen-bond donors (Lipinski definition) is 1. The summed E-state index contributed by atoms with van der Waals surface area (Å²) < 4.78 is 10.5. The zero-order valence-corrected chi connectivity index (χ0v) is 14.1. The number of rotatable bonds is 4. The third-order valence-electron chi connectivity index (χ3n) is 4.05. The summed E-state index contributed by atoms with van der Waals surface area (Å²) in [6, 6.07) is 21.9. The van der Waals surface area contributed by atoms with Crippen molar-refractivity contribution in [3.63, 3.8) is 0 Å². The van der Waals surface area contributed by atoms with Crippen LogP contribution in [0.15, 0.2) is 72.8 Å². The number of para-hydroxylation sites is 2. The minimum absolute atomic E-state index is 0.413. The molecule has 128 valence electrons.